The molecular formula is C20H19NO6. The topological polar surface area (TPSA) is 101 Å². The monoisotopic (exact) mass is 369 g/mol. The van der Waals surface area contributed by atoms with E-state index in [2.05, 4.69) is 0 Å². The third-order valence-electron chi connectivity index (χ3n) is 5.36. The lowest BCUT2D eigenvalue weighted by molar-refractivity contribution is -0.148. The molecule has 3 heterocycles. The molecule has 1 aliphatic rings. The lowest BCUT2D eigenvalue weighted by atomic mass is 10.0. The molecule has 0 aliphatic carbocycles. The highest BCUT2D eigenvalue weighted by molar-refractivity contribution is 5.96. The summed E-state index contributed by atoms with van der Waals surface area (Å²) in [5, 5.41) is 10.9. The summed E-state index contributed by atoms with van der Waals surface area (Å²) in [4.78, 5) is 37.8. The van der Waals surface area contributed by atoms with Gasteiger partial charge in [0.1, 0.15) is 17.2 Å². The summed E-state index contributed by atoms with van der Waals surface area (Å²) in [6, 6.07) is 2.75. The Labute approximate surface area is 154 Å². The molecule has 140 valence electrons. The van der Waals surface area contributed by atoms with Gasteiger partial charge in [0.15, 0.2) is 0 Å². The maximum Gasteiger partial charge on any atom is 0.340 e. The van der Waals surface area contributed by atoms with Gasteiger partial charge in [0.2, 0.25) is 5.91 Å². The van der Waals surface area contributed by atoms with Crippen LogP contribution in [-0.4, -0.2) is 34.5 Å². The molecule has 1 fully saturated rings. The number of hydrogen-bond acceptors (Lipinski definition) is 5. The van der Waals surface area contributed by atoms with Crippen LogP contribution in [0, 0.1) is 13.8 Å². The van der Waals surface area contributed by atoms with Crippen LogP contribution >= 0.6 is 0 Å². The number of amides is 1. The second kappa shape index (κ2) is 6.26. The number of rotatable bonds is 3. The van der Waals surface area contributed by atoms with Crippen molar-refractivity contribution in [2.75, 3.05) is 6.54 Å². The third-order valence-corrected chi connectivity index (χ3v) is 5.36. The van der Waals surface area contributed by atoms with Gasteiger partial charge >= 0.3 is 11.6 Å². The summed E-state index contributed by atoms with van der Waals surface area (Å²) in [7, 11) is 0. The van der Waals surface area contributed by atoms with Crippen LogP contribution in [-0.2, 0) is 16.0 Å². The maximum atomic E-state index is 12.7. The zero-order valence-electron chi connectivity index (χ0n) is 15.1. The van der Waals surface area contributed by atoms with Crippen molar-refractivity contribution in [3.05, 3.63) is 45.5 Å². The number of carboxylic acid groups (broad SMARTS) is 1. The quantitative estimate of drug-likeness (QED) is 0.713. The van der Waals surface area contributed by atoms with Crippen molar-refractivity contribution in [2.24, 2.45) is 0 Å². The minimum Gasteiger partial charge on any atom is -0.480 e. The Kier molecular flexibility index (Phi) is 4.02. The molecule has 0 bridgehead atoms. The molecule has 2 aromatic heterocycles. The van der Waals surface area contributed by atoms with E-state index in [1.54, 1.807) is 19.3 Å². The number of likely N-dealkylation sites (tertiary alicyclic amines) is 1. The minimum atomic E-state index is -1.01. The van der Waals surface area contributed by atoms with Crippen molar-refractivity contribution >= 4 is 33.8 Å². The summed E-state index contributed by atoms with van der Waals surface area (Å²) in [5.41, 5.74) is 2.36. The molecule has 27 heavy (non-hydrogen) atoms. The molecule has 1 aliphatic heterocycles. The fourth-order valence-corrected chi connectivity index (χ4v) is 3.82. The van der Waals surface area contributed by atoms with E-state index in [1.165, 1.54) is 4.90 Å². The second-order valence-corrected chi connectivity index (χ2v) is 7.02. The smallest absolute Gasteiger partial charge is 0.340 e. The first-order valence-electron chi connectivity index (χ1n) is 8.83. The number of hydrogen-bond donors (Lipinski definition) is 1. The highest BCUT2D eigenvalue weighted by atomic mass is 16.4. The van der Waals surface area contributed by atoms with Crippen LogP contribution in [0.5, 0.6) is 0 Å². The lowest BCUT2D eigenvalue weighted by Crippen LogP contribution is -2.41. The first kappa shape index (κ1) is 17.3. The van der Waals surface area contributed by atoms with Gasteiger partial charge in [-0.15, -0.1) is 0 Å². The van der Waals surface area contributed by atoms with Crippen molar-refractivity contribution in [1.82, 2.24) is 4.90 Å². The van der Waals surface area contributed by atoms with Crippen LogP contribution in [0.15, 0.2) is 32.0 Å². The van der Waals surface area contributed by atoms with E-state index >= 15 is 0 Å². The molecule has 1 saturated heterocycles. The van der Waals surface area contributed by atoms with Gasteiger partial charge in [-0.3, -0.25) is 4.79 Å². The van der Waals surface area contributed by atoms with Crippen molar-refractivity contribution in [3.63, 3.8) is 0 Å². The van der Waals surface area contributed by atoms with E-state index < -0.39 is 17.6 Å². The van der Waals surface area contributed by atoms with E-state index in [-0.39, 0.29) is 17.9 Å². The van der Waals surface area contributed by atoms with E-state index in [0.29, 0.717) is 36.1 Å². The van der Waals surface area contributed by atoms with Crippen LogP contribution in [0.2, 0.25) is 0 Å². The molecule has 0 radical (unpaired) electrons. The highest BCUT2D eigenvalue weighted by Crippen LogP contribution is 2.29. The van der Waals surface area contributed by atoms with Crippen molar-refractivity contribution in [1.29, 1.82) is 0 Å². The number of benzene rings is 1. The van der Waals surface area contributed by atoms with Gasteiger partial charge < -0.3 is 18.8 Å². The first-order valence-corrected chi connectivity index (χ1v) is 8.83. The van der Waals surface area contributed by atoms with Gasteiger partial charge in [-0.25, -0.2) is 9.59 Å². The van der Waals surface area contributed by atoms with Crippen molar-refractivity contribution < 1.29 is 23.5 Å². The molecule has 0 unspecified atom stereocenters. The number of nitrogens with zero attached hydrogens (tertiary/aromatic N) is 1. The number of furan rings is 1. The average Bonchev–Trinajstić information content (AvgIpc) is 3.25. The summed E-state index contributed by atoms with van der Waals surface area (Å²) in [6.45, 7) is 4.10. The van der Waals surface area contributed by atoms with Crippen LogP contribution in [0.1, 0.15) is 29.5 Å². The molecule has 1 atom stereocenters. The minimum absolute atomic E-state index is 0.170. The third kappa shape index (κ3) is 2.79. The summed E-state index contributed by atoms with van der Waals surface area (Å²) in [6.07, 6.45) is 2.55. The molecule has 1 N–H and O–H groups in total. The standard InChI is InChI=1S/C20H19NO6/c1-10-9-26-16-8-17-13(6-12(10)16)11(2)14(20(25)27-17)7-18(22)21-5-3-4-15(21)19(23)24/h6,8-9,15H,3-5,7H2,1-2H3,(H,23,24)/t15-/m1/s1. The zero-order chi connectivity index (χ0) is 19.3. The van der Waals surface area contributed by atoms with Crippen LogP contribution < -0.4 is 5.63 Å². The molecule has 7 heteroatoms. The number of carboxylic acids is 1. The van der Waals surface area contributed by atoms with Crippen molar-refractivity contribution in [2.45, 2.75) is 39.2 Å². The number of aliphatic carboxylic acids is 1. The predicted molar refractivity (Wildman–Crippen MR) is 97.8 cm³/mol. The number of fused-ring (bicyclic) bond motifs is 2. The Morgan fingerprint density at radius 2 is 2.00 bits per heavy atom. The number of carbonyl (C=O) groups excluding carboxylic acids is 1. The Morgan fingerprint density at radius 1 is 1.22 bits per heavy atom. The fourth-order valence-electron chi connectivity index (χ4n) is 3.82. The fraction of sp³-hybridized carbons (Fsp3) is 0.350. The van der Waals surface area contributed by atoms with Gasteiger partial charge in [0.05, 0.1) is 18.2 Å². The Balaban J connectivity index is 1.76. The lowest BCUT2D eigenvalue weighted by Gasteiger charge is -2.21. The van der Waals surface area contributed by atoms with Crippen molar-refractivity contribution in [3.8, 4) is 0 Å². The largest absolute Gasteiger partial charge is 0.480 e. The zero-order valence-corrected chi connectivity index (χ0v) is 15.1. The van der Waals surface area contributed by atoms with Crippen LogP contribution in [0.4, 0.5) is 0 Å². The van der Waals surface area contributed by atoms with Gasteiger partial charge in [0.25, 0.3) is 0 Å². The first-order chi connectivity index (χ1) is 12.9. The van der Waals surface area contributed by atoms with Crippen LogP contribution in [0.3, 0.4) is 0 Å². The van der Waals surface area contributed by atoms with Gasteiger partial charge in [-0.1, -0.05) is 0 Å². The molecule has 7 nitrogen and oxygen atoms in total. The number of carbonyl (C=O) groups is 2. The summed E-state index contributed by atoms with van der Waals surface area (Å²) < 4.78 is 10.9. The second-order valence-electron chi connectivity index (χ2n) is 7.02. The Hall–Kier alpha value is -3.09. The molecule has 1 aromatic carbocycles. The number of aryl methyl sites for hydroxylation is 2. The molecule has 0 spiro atoms. The van der Waals surface area contributed by atoms with Crippen LogP contribution in [0.25, 0.3) is 21.9 Å². The molecule has 3 aromatic rings. The Morgan fingerprint density at radius 3 is 2.74 bits per heavy atom. The van der Waals surface area contributed by atoms with E-state index in [4.69, 9.17) is 8.83 Å². The normalized spacial score (nSPS) is 17.1. The van der Waals surface area contributed by atoms with E-state index in [0.717, 1.165) is 16.3 Å². The summed E-state index contributed by atoms with van der Waals surface area (Å²) in [5.74, 6) is -1.38. The van der Waals surface area contributed by atoms with E-state index in [1.807, 2.05) is 13.0 Å². The predicted octanol–water partition coefficient (Wildman–Crippen LogP) is 2.77. The highest BCUT2D eigenvalue weighted by Gasteiger charge is 2.34. The Bertz CT molecular complexity index is 1140. The van der Waals surface area contributed by atoms with Gasteiger partial charge in [0, 0.05) is 23.4 Å². The van der Waals surface area contributed by atoms with Gasteiger partial charge in [-0.05, 0) is 43.9 Å². The molecule has 1 amide bonds. The van der Waals surface area contributed by atoms with E-state index in [9.17, 15) is 19.5 Å². The SMILES string of the molecule is Cc1coc2cc3oc(=O)c(CC(=O)N4CCC[C@@H]4C(=O)O)c(C)c3cc12. The van der Waals surface area contributed by atoms with Gasteiger partial charge in [-0.2, -0.15) is 0 Å². The molecule has 4 rings (SSSR count). The molecule has 0 saturated carbocycles. The summed E-state index contributed by atoms with van der Waals surface area (Å²) >= 11 is 0. The average molecular weight is 369 g/mol. The maximum absolute atomic E-state index is 12.7. The molecular weight excluding hydrogens is 350 g/mol.